The van der Waals surface area contributed by atoms with Gasteiger partial charge in [0, 0.05) is 6.04 Å². The molecule has 0 saturated carbocycles. The SMILES string of the molecule is COc1ccc2c(c1)CCCC2NS(=O)(=O)c1ccc2cc(OC)ccc2c1. The summed E-state index contributed by atoms with van der Waals surface area (Å²) in [7, 11) is -0.386. The number of hydrogen-bond acceptors (Lipinski definition) is 4. The highest BCUT2D eigenvalue weighted by Crippen LogP contribution is 2.33. The van der Waals surface area contributed by atoms with Crippen molar-refractivity contribution in [3.63, 3.8) is 0 Å². The second-order valence-electron chi connectivity index (χ2n) is 7.01. The molecule has 0 heterocycles. The van der Waals surface area contributed by atoms with Crippen molar-refractivity contribution >= 4 is 20.8 Å². The standard InChI is InChI=1S/C22H23NO4S/c1-26-18-8-6-16-14-20(10-7-15(16)12-18)28(24,25)23-22-5-3-4-17-13-19(27-2)9-11-21(17)22/h6-14,22-23H,3-5H2,1-2H3. The van der Waals surface area contributed by atoms with E-state index in [1.165, 1.54) is 0 Å². The molecule has 3 aromatic carbocycles. The minimum atomic E-state index is -3.64. The fourth-order valence-electron chi connectivity index (χ4n) is 3.79. The van der Waals surface area contributed by atoms with Crippen molar-refractivity contribution in [3.8, 4) is 11.5 Å². The summed E-state index contributed by atoms with van der Waals surface area (Å²) >= 11 is 0. The molecule has 4 rings (SSSR count). The number of methoxy groups -OCH3 is 2. The number of ether oxygens (including phenoxy) is 2. The summed E-state index contributed by atoms with van der Waals surface area (Å²) in [6.45, 7) is 0. The first kappa shape index (κ1) is 18.8. The van der Waals surface area contributed by atoms with E-state index in [1.54, 1.807) is 26.4 Å². The Labute approximate surface area is 165 Å². The van der Waals surface area contributed by atoms with Crippen molar-refractivity contribution in [3.05, 3.63) is 65.7 Å². The molecular formula is C22H23NO4S. The predicted molar refractivity (Wildman–Crippen MR) is 109 cm³/mol. The Hall–Kier alpha value is -2.57. The highest BCUT2D eigenvalue weighted by atomic mass is 32.2. The average Bonchev–Trinajstić information content (AvgIpc) is 2.72. The van der Waals surface area contributed by atoms with Gasteiger partial charge in [0.25, 0.3) is 0 Å². The molecule has 6 heteroatoms. The fourth-order valence-corrected chi connectivity index (χ4v) is 5.08. The minimum absolute atomic E-state index is 0.230. The first-order valence-electron chi connectivity index (χ1n) is 9.27. The zero-order valence-electron chi connectivity index (χ0n) is 15.9. The van der Waals surface area contributed by atoms with E-state index in [4.69, 9.17) is 9.47 Å². The number of hydrogen-bond donors (Lipinski definition) is 1. The summed E-state index contributed by atoms with van der Waals surface area (Å²) < 4.78 is 39.5. The lowest BCUT2D eigenvalue weighted by Crippen LogP contribution is -2.31. The summed E-state index contributed by atoms with van der Waals surface area (Å²) in [5.41, 5.74) is 2.17. The van der Waals surface area contributed by atoms with E-state index in [9.17, 15) is 8.42 Å². The highest BCUT2D eigenvalue weighted by molar-refractivity contribution is 7.89. The van der Waals surface area contributed by atoms with Crippen LogP contribution in [0.25, 0.3) is 10.8 Å². The molecule has 0 radical (unpaired) electrons. The highest BCUT2D eigenvalue weighted by Gasteiger charge is 2.26. The fraction of sp³-hybridized carbons (Fsp3) is 0.273. The first-order chi connectivity index (χ1) is 13.5. The average molecular weight is 397 g/mol. The molecule has 0 amide bonds. The third kappa shape index (κ3) is 3.57. The quantitative estimate of drug-likeness (QED) is 0.700. The number of fused-ring (bicyclic) bond motifs is 2. The zero-order valence-corrected chi connectivity index (χ0v) is 16.8. The van der Waals surface area contributed by atoms with Gasteiger partial charge in [0.05, 0.1) is 19.1 Å². The summed E-state index contributed by atoms with van der Waals surface area (Å²) in [5, 5.41) is 1.80. The van der Waals surface area contributed by atoms with E-state index < -0.39 is 10.0 Å². The van der Waals surface area contributed by atoms with Crippen LogP contribution in [-0.2, 0) is 16.4 Å². The monoisotopic (exact) mass is 397 g/mol. The third-order valence-electron chi connectivity index (χ3n) is 5.29. The van der Waals surface area contributed by atoms with Crippen LogP contribution >= 0.6 is 0 Å². The Morgan fingerprint density at radius 3 is 2.36 bits per heavy atom. The van der Waals surface area contributed by atoms with E-state index >= 15 is 0 Å². The van der Waals surface area contributed by atoms with Crippen molar-refractivity contribution in [1.82, 2.24) is 4.72 Å². The lowest BCUT2D eigenvalue weighted by Gasteiger charge is -2.26. The molecule has 1 aliphatic carbocycles. The Balaban J connectivity index is 1.64. The Morgan fingerprint density at radius 2 is 1.57 bits per heavy atom. The zero-order chi connectivity index (χ0) is 19.7. The van der Waals surface area contributed by atoms with Crippen LogP contribution in [-0.4, -0.2) is 22.6 Å². The third-order valence-corrected chi connectivity index (χ3v) is 6.76. The molecular weight excluding hydrogens is 374 g/mol. The molecule has 1 aliphatic rings. The van der Waals surface area contributed by atoms with Crippen LogP contribution in [0.3, 0.4) is 0 Å². The minimum Gasteiger partial charge on any atom is -0.497 e. The molecule has 0 saturated heterocycles. The van der Waals surface area contributed by atoms with Gasteiger partial charge in [-0.05, 0) is 77.6 Å². The number of aryl methyl sites for hydroxylation is 1. The van der Waals surface area contributed by atoms with E-state index in [1.807, 2.05) is 42.5 Å². The predicted octanol–water partition coefficient (Wildman–Crippen LogP) is 4.21. The van der Waals surface area contributed by atoms with Crippen LogP contribution in [0.15, 0.2) is 59.5 Å². The van der Waals surface area contributed by atoms with Crippen molar-refractivity contribution in [2.45, 2.75) is 30.2 Å². The van der Waals surface area contributed by atoms with Gasteiger partial charge < -0.3 is 9.47 Å². The molecule has 1 unspecified atom stereocenters. The van der Waals surface area contributed by atoms with Crippen LogP contribution in [0.2, 0.25) is 0 Å². The van der Waals surface area contributed by atoms with Gasteiger partial charge in [-0.25, -0.2) is 13.1 Å². The smallest absolute Gasteiger partial charge is 0.241 e. The van der Waals surface area contributed by atoms with Gasteiger partial charge in [0.2, 0.25) is 10.0 Å². The van der Waals surface area contributed by atoms with Gasteiger partial charge in [0.1, 0.15) is 11.5 Å². The Kier molecular flexibility index (Phi) is 5.00. The molecule has 0 spiro atoms. The van der Waals surface area contributed by atoms with E-state index in [-0.39, 0.29) is 10.9 Å². The summed E-state index contributed by atoms with van der Waals surface area (Å²) in [5.74, 6) is 1.54. The molecule has 0 bridgehead atoms. The lowest BCUT2D eigenvalue weighted by molar-refractivity contribution is 0.412. The molecule has 146 valence electrons. The van der Waals surface area contributed by atoms with Crippen molar-refractivity contribution in [1.29, 1.82) is 0 Å². The van der Waals surface area contributed by atoms with Crippen LogP contribution < -0.4 is 14.2 Å². The molecule has 0 aromatic heterocycles. The number of nitrogens with one attached hydrogen (secondary N) is 1. The van der Waals surface area contributed by atoms with Crippen LogP contribution in [0.1, 0.15) is 30.0 Å². The van der Waals surface area contributed by atoms with E-state index in [0.717, 1.165) is 52.7 Å². The second kappa shape index (κ2) is 7.45. The maximum atomic E-state index is 13.0. The van der Waals surface area contributed by atoms with Crippen LogP contribution in [0, 0.1) is 0 Å². The first-order valence-corrected chi connectivity index (χ1v) is 10.8. The van der Waals surface area contributed by atoms with E-state index in [0.29, 0.717) is 0 Å². The van der Waals surface area contributed by atoms with Crippen molar-refractivity contribution in [2.75, 3.05) is 14.2 Å². The van der Waals surface area contributed by atoms with Crippen molar-refractivity contribution < 1.29 is 17.9 Å². The van der Waals surface area contributed by atoms with Gasteiger partial charge in [-0.2, -0.15) is 0 Å². The summed E-state index contributed by atoms with van der Waals surface area (Å²) in [6.07, 6.45) is 2.65. The van der Waals surface area contributed by atoms with Gasteiger partial charge in [0.15, 0.2) is 0 Å². The number of sulfonamides is 1. The van der Waals surface area contributed by atoms with Gasteiger partial charge in [-0.1, -0.05) is 18.2 Å². The summed E-state index contributed by atoms with van der Waals surface area (Å²) in [6, 6.07) is 16.4. The summed E-state index contributed by atoms with van der Waals surface area (Å²) in [4.78, 5) is 0.269. The van der Waals surface area contributed by atoms with Crippen LogP contribution in [0.4, 0.5) is 0 Å². The normalized spacial score (nSPS) is 16.6. The van der Waals surface area contributed by atoms with E-state index in [2.05, 4.69) is 4.72 Å². The lowest BCUT2D eigenvalue weighted by atomic mass is 9.88. The van der Waals surface area contributed by atoms with Crippen LogP contribution in [0.5, 0.6) is 11.5 Å². The molecule has 1 atom stereocenters. The Morgan fingerprint density at radius 1 is 0.893 bits per heavy atom. The molecule has 1 N–H and O–H groups in total. The molecule has 28 heavy (non-hydrogen) atoms. The second-order valence-corrected chi connectivity index (χ2v) is 8.72. The number of benzene rings is 3. The molecule has 0 aliphatic heterocycles. The maximum Gasteiger partial charge on any atom is 0.241 e. The molecule has 0 fully saturated rings. The molecule has 5 nitrogen and oxygen atoms in total. The van der Waals surface area contributed by atoms with Crippen molar-refractivity contribution in [2.24, 2.45) is 0 Å². The number of rotatable bonds is 5. The topological polar surface area (TPSA) is 64.6 Å². The molecule has 3 aromatic rings. The van der Waals surface area contributed by atoms with Gasteiger partial charge in [-0.3, -0.25) is 0 Å². The largest absolute Gasteiger partial charge is 0.497 e. The maximum absolute atomic E-state index is 13.0. The Bertz CT molecular complexity index is 1120. The van der Waals surface area contributed by atoms with Gasteiger partial charge in [-0.15, -0.1) is 0 Å². The van der Waals surface area contributed by atoms with Gasteiger partial charge >= 0.3 is 0 Å².